The molecule has 0 aliphatic rings. The number of carboxylic acids is 1. The Morgan fingerprint density at radius 1 is 0.618 bits per heavy atom. The van der Waals surface area contributed by atoms with Gasteiger partial charge in [0.25, 0.3) is 11.8 Å². The Balaban J connectivity index is 1.58. The first-order valence-electron chi connectivity index (χ1n) is 10.3. The summed E-state index contributed by atoms with van der Waals surface area (Å²) in [7, 11) is 0. The summed E-state index contributed by atoms with van der Waals surface area (Å²) in [6.07, 6.45) is 0. The molecule has 0 atom stereocenters. The van der Waals surface area contributed by atoms with Crippen LogP contribution in [0.15, 0.2) is 97.1 Å². The number of nitrogens with one attached hydrogen (secondary N) is 2. The van der Waals surface area contributed by atoms with Crippen LogP contribution in [0.5, 0.6) is 5.75 Å². The average molecular weight is 451 g/mol. The Bertz CT molecular complexity index is 1400. The van der Waals surface area contributed by atoms with Crippen molar-refractivity contribution in [3.05, 3.63) is 114 Å². The summed E-state index contributed by atoms with van der Waals surface area (Å²) in [5, 5.41) is 26.4. The molecule has 0 aliphatic heterocycles. The molecule has 0 aliphatic carbocycles. The molecule has 2 amide bonds. The van der Waals surface area contributed by atoms with Crippen LogP contribution in [-0.4, -0.2) is 22.9 Å². The second-order valence-corrected chi connectivity index (χ2v) is 7.41. The molecule has 3 N–H and O–H groups in total. The van der Waals surface area contributed by atoms with E-state index in [0.717, 1.165) is 0 Å². The van der Waals surface area contributed by atoms with Crippen molar-refractivity contribution in [2.45, 2.75) is 0 Å². The Hall–Kier alpha value is -4.91. The molecule has 4 aromatic rings. The highest BCUT2D eigenvalue weighted by molar-refractivity contribution is 6.11. The number of carbonyl (C=O) groups is 3. The molecule has 0 saturated carbocycles. The van der Waals surface area contributed by atoms with E-state index in [2.05, 4.69) is 10.6 Å². The third-order valence-electron chi connectivity index (χ3n) is 5.09. The summed E-state index contributed by atoms with van der Waals surface area (Å²) < 4.78 is 0. The minimum atomic E-state index is -1.09. The van der Waals surface area contributed by atoms with Crippen molar-refractivity contribution >= 4 is 29.2 Å². The van der Waals surface area contributed by atoms with Crippen LogP contribution in [-0.2, 0) is 0 Å². The zero-order chi connectivity index (χ0) is 24.1. The van der Waals surface area contributed by atoms with E-state index in [4.69, 9.17) is 0 Å². The zero-order valence-corrected chi connectivity index (χ0v) is 17.8. The number of hydrogen-bond acceptors (Lipinski definition) is 4. The number of benzene rings is 4. The molecule has 0 unspecified atom stereocenters. The van der Waals surface area contributed by atoms with Crippen molar-refractivity contribution in [2.75, 3.05) is 10.6 Å². The van der Waals surface area contributed by atoms with Gasteiger partial charge in [0.1, 0.15) is 0 Å². The van der Waals surface area contributed by atoms with E-state index in [1.165, 1.54) is 24.3 Å². The summed E-state index contributed by atoms with van der Waals surface area (Å²) >= 11 is 0. The Morgan fingerprint density at radius 3 is 1.85 bits per heavy atom. The van der Waals surface area contributed by atoms with Gasteiger partial charge in [0.15, 0.2) is 0 Å². The fourth-order valence-electron chi connectivity index (χ4n) is 3.53. The number of amides is 2. The standard InChI is InChI=1S/C27H20N2O5/c30-20-10-6-9-19(16-20)28-25(31)17-7-5-8-18(15-17)29-26(32)23-13-3-1-11-21(23)22-12-2-4-14-24(22)27(33)34/h1-16,30H,(H,28,31)(H,29,32)(H,33,34)/p-1. The van der Waals surface area contributed by atoms with Crippen molar-refractivity contribution < 1.29 is 24.6 Å². The van der Waals surface area contributed by atoms with E-state index in [-0.39, 0.29) is 11.3 Å². The van der Waals surface area contributed by atoms with E-state index >= 15 is 0 Å². The van der Waals surface area contributed by atoms with Gasteiger partial charge in [-0.25, -0.2) is 4.79 Å². The van der Waals surface area contributed by atoms with Gasteiger partial charge >= 0.3 is 5.97 Å². The van der Waals surface area contributed by atoms with E-state index < -0.39 is 17.8 Å². The lowest BCUT2D eigenvalue weighted by Crippen LogP contribution is -2.15. The fraction of sp³-hybridized carbons (Fsp3) is 0. The fourth-order valence-corrected chi connectivity index (χ4v) is 3.53. The van der Waals surface area contributed by atoms with Crippen molar-refractivity contribution in [2.24, 2.45) is 0 Å². The summed E-state index contributed by atoms with van der Waals surface area (Å²) in [5.41, 5.74) is 2.33. The zero-order valence-electron chi connectivity index (χ0n) is 17.8. The molecular weight excluding hydrogens is 432 g/mol. The van der Waals surface area contributed by atoms with Crippen LogP contribution in [0.25, 0.3) is 11.1 Å². The Labute approximate surface area is 195 Å². The summed E-state index contributed by atoms with van der Waals surface area (Å²) in [5.74, 6) is -2.20. The number of anilines is 2. The normalized spacial score (nSPS) is 10.4. The SMILES string of the molecule is O=C(Nc1cccc([O-])c1)c1cccc(NC(=O)c2ccccc2-c2ccccc2C(=O)O)c1. The second kappa shape index (κ2) is 9.70. The van der Waals surface area contributed by atoms with E-state index in [0.29, 0.717) is 33.6 Å². The van der Waals surface area contributed by atoms with E-state index in [1.54, 1.807) is 72.8 Å². The number of carbonyl (C=O) groups excluding carboxylic acids is 2. The summed E-state index contributed by atoms with van der Waals surface area (Å²) in [4.78, 5) is 37.4. The molecular formula is C27H19N2O5-. The van der Waals surface area contributed by atoms with Gasteiger partial charge in [0, 0.05) is 22.5 Å². The topological polar surface area (TPSA) is 119 Å². The van der Waals surface area contributed by atoms with Gasteiger partial charge in [-0.05, 0) is 53.6 Å². The van der Waals surface area contributed by atoms with Crippen LogP contribution in [0.1, 0.15) is 31.1 Å². The smallest absolute Gasteiger partial charge is 0.336 e. The molecule has 7 nitrogen and oxygen atoms in total. The lowest BCUT2D eigenvalue weighted by Gasteiger charge is -2.13. The van der Waals surface area contributed by atoms with Gasteiger partial charge in [0.05, 0.1) is 5.56 Å². The molecule has 0 heterocycles. The first-order valence-corrected chi connectivity index (χ1v) is 10.3. The minimum Gasteiger partial charge on any atom is -0.872 e. The molecule has 0 radical (unpaired) electrons. The van der Waals surface area contributed by atoms with Gasteiger partial charge in [-0.1, -0.05) is 54.6 Å². The minimum absolute atomic E-state index is 0.0866. The average Bonchev–Trinajstić information content (AvgIpc) is 2.84. The lowest BCUT2D eigenvalue weighted by molar-refractivity contribution is -0.268. The monoisotopic (exact) mass is 451 g/mol. The molecule has 4 aromatic carbocycles. The van der Waals surface area contributed by atoms with E-state index in [1.807, 2.05) is 0 Å². The summed E-state index contributed by atoms with van der Waals surface area (Å²) in [6, 6.07) is 25.4. The van der Waals surface area contributed by atoms with Gasteiger partial charge in [0.2, 0.25) is 0 Å². The number of carboxylic acid groups (broad SMARTS) is 1. The molecule has 4 rings (SSSR count). The third kappa shape index (κ3) is 4.94. The highest BCUT2D eigenvalue weighted by Crippen LogP contribution is 2.28. The number of rotatable bonds is 6. The van der Waals surface area contributed by atoms with Gasteiger partial charge in [-0.3, -0.25) is 9.59 Å². The second-order valence-electron chi connectivity index (χ2n) is 7.41. The molecule has 0 fully saturated rings. The predicted molar refractivity (Wildman–Crippen MR) is 127 cm³/mol. The number of aromatic carboxylic acids is 1. The van der Waals surface area contributed by atoms with Crippen LogP contribution in [0.4, 0.5) is 11.4 Å². The van der Waals surface area contributed by atoms with E-state index in [9.17, 15) is 24.6 Å². The van der Waals surface area contributed by atoms with Crippen LogP contribution in [0, 0.1) is 0 Å². The van der Waals surface area contributed by atoms with Crippen LogP contribution in [0.3, 0.4) is 0 Å². The highest BCUT2D eigenvalue weighted by atomic mass is 16.4. The number of hydrogen-bond donors (Lipinski definition) is 3. The van der Waals surface area contributed by atoms with Gasteiger partial charge in [-0.2, -0.15) is 0 Å². The van der Waals surface area contributed by atoms with Gasteiger partial charge in [-0.15, -0.1) is 5.75 Å². The Kier molecular flexibility index (Phi) is 6.36. The van der Waals surface area contributed by atoms with Crippen molar-refractivity contribution in [1.82, 2.24) is 0 Å². The van der Waals surface area contributed by atoms with Crippen molar-refractivity contribution in [3.8, 4) is 16.9 Å². The first-order chi connectivity index (χ1) is 16.4. The largest absolute Gasteiger partial charge is 0.872 e. The molecule has 0 aromatic heterocycles. The predicted octanol–water partition coefficient (Wildman–Crippen LogP) is 4.63. The van der Waals surface area contributed by atoms with Crippen molar-refractivity contribution in [1.29, 1.82) is 0 Å². The van der Waals surface area contributed by atoms with Crippen LogP contribution < -0.4 is 15.7 Å². The maximum Gasteiger partial charge on any atom is 0.336 e. The maximum atomic E-state index is 13.1. The highest BCUT2D eigenvalue weighted by Gasteiger charge is 2.18. The van der Waals surface area contributed by atoms with Crippen LogP contribution >= 0.6 is 0 Å². The quantitative estimate of drug-likeness (QED) is 0.395. The third-order valence-corrected chi connectivity index (χ3v) is 5.09. The van der Waals surface area contributed by atoms with Gasteiger partial charge < -0.3 is 20.8 Å². The van der Waals surface area contributed by atoms with Crippen molar-refractivity contribution in [3.63, 3.8) is 0 Å². The molecule has 168 valence electrons. The molecule has 34 heavy (non-hydrogen) atoms. The molecule has 0 saturated heterocycles. The molecule has 0 bridgehead atoms. The molecule has 0 spiro atoms. The summed E-state index contributed by atoms with van der Waals surface area (Å²) in [6.45, 7) is 0. The molecule has 7 heteroatoms. The maximum absolute atomic E-state index is 13.1. The first kappa shape index (κ1) is 22.3. The van der Waals surface area contributed by atoms with Crippen LogP contribution in [0.2, 0.25) is 0 Å². The lowest BCUT2D eigenvalue weighted by atomic mass is 9.95. The Morgan fingerprint density at radius 2 is 1.18 bits per heavy atom.